The van der Waals surface area contributed by atoms with Crippen LogP contribution in [0, 0.1) is 0 Å². The maximum absolute atomic E-state index is 11.7. The van der Waals surface area contributed by atoms with Crippen LogP contribution in [0.5, 0.6) is 0 Å². The lowest BCUT2D eigenvalue weighted by Gasteiger charge is -2.43. The van der Waals surface area contributed by atoms with Crippen molar-refractivity contribution in [1.82, 2.24) is 0 Å². The van der Waals surface area contributed by atoms with Gasteiger partial charge in [0.15, 0.2) is 24.6 Å². The Hall–Kier alpha value is -2.79. The maximum Gasteiger partial charge on any atom is 0.303 e. The third-order valence-corrected chi connectivity index (χ3v) is 3.80. The van der Waals surface area contributed by atoms with Crippen LogP contribution in [-0.4, -0.2) is 74.1 Å². The molecular weight excluding hydrogens is 404 g/mol. The van der Waals surface area contributed by atoms with Gasteiger partial charge in [0.25, 0.3) is 0 Å². The lowest BCUT2D eigenvalue weighted by molar-refractivity contribution is -0.306. The van der Waals surface area contributed by atoms with Gasteiger partial charge in [0.05, 0.1) is 6.61 Å². The predicted octanol–water partition coefficient (Wildman–Crippen LogP) is 0.231. The molecule has 0 N–H and O–H groups in total. The number of aldehydes is 1. The van der Waals surface area contributed by atoms with Crippen molar-refractivity contribution in [3.8, 4) is 0 Å². The topological polar surface area (TPSA) is 141 Å². The van der Waals surface area contributed by atoms with Gasteiger partial charge in [0, 0.05) is 27.7 Å². The van der Waals surface area contributed by atoms with Crippen LogP contribution in [0.3, 0.4) is 0 Å². The largest absolute Gasteiger partial charge is 0.463 e. The van der Waals surface area contributed by atoms with E-state index in [9.17, 15) is 24.0 Å². The second-order valence-electron chi connectivity index (χ2n) is 6.47. The smallest absolute Gasteiger partial charge is 0.303 e. The Kier molecular flexibility index (Phi) is 10.1. The molecule has 0 aromatic carbocycles. The average Bonchev–Trinajstić information content (AvgIpc) is 2.63. The average molecular weight is 430 g/mol. The molecule has 1 aliphatic rings. The SMILES string of the molecule is CC(=O)OC[C@H]1O[C@@H](OC/C=C(\C)C=O)[C@H](OC(C)=O)[C@@H](OC(C)=O)[C@@H]1OC(C)=O. The minimum atomic E-state index is -1.30. The molecule has 0 saturated carbocycles. The number of allylic oxidation sites excluding steroid dienone is 1. The summed E-state index contributed by atoms with van der Waals surface area (Å²) < 4.78 is 32.0. The molecule has 0 aromatic heterocycles. The molecule has 11 nitrogen and oxygen atoms in total. The summed E-state index contributed by atoms with van der Waals surface area (Å²) in [5.74, 6) is -2.81. The fraction of sp³-hybridized carbons (Fsp3) is 0.632. The summed E-state index contributed by atoms with van der Waals surface area (Å²) >= 11 is 0. The van der Waals surface area contributed by atoms with Gasteiger partial charge in [-0.3, -0.25) is 24.0 Å². The van der Waals surface area contributed by atoms with E-state index >= 15 is 0 Å². The van der Waals surface area contributed by atoms with Crippen LogP contribution < -0.4 is 0 Å². The third kappa shape index (κ3) is 8.29. The number of esters is 4. The van der Waals surface area contributed by atoms with Crippen molar-refractivity contribution in [2.45, 2.75) is 65.3 Å². The Labute approximate surface area is 173 Å². The van der Waals surface area contributed by atoms with Gasteiger partial charge < -0.3 is 28.4 Å². The number of carbonyl (C=O) groups is 5. The molecule has 0 radical (unpaired) electrons. The summed E-state index contributed by atoms with van der Waals surface area (Å²) in [6, 6.07) is 0. The normalized spacial score (nSPS) is 26.3. The van der Waals surface area contributed by atoms with Gasteiger partial charge in [-0.05, 0) is 12.5 Å². The molecule has 1 rings (SSSR count). The second-order valence-corrected chi connectivity index (χ2v) is 6.47. The van der Waals surface area contributed by atoms with Gasteiger partial charge >= 0.3 is 23.9 Å². The van der Waals surface area contributed by atoms with Gasteiger partial charge in [0.2, 0.25) is 0 Å². The zero-order valence-corrected chi connectivity index (χ0v) is 17.4. The zero-order valence-electron chi connectivity index (χ0n) is 17.4. The lowest BCUT2D eigenvalue weighted by Crippen LogP contribution is -2.62. The van der Waals surface area contributed by atoms with Gasteiger partial charge in [0.1, 0.15) is 19.0 Å². The van der Waals surface area contributed by atoms with Gasteiger partial charge in [-0.1, -0.05) is 6.08 Å². The number of carbonyl (C=O) groups excluding carboxylic acids is 5. The van der Waals surface area contributed by atoms with Crippen LogP contribution in [0.2, 0.25) is 0 Å². The summed E-state index contributed by atoms with van der Waals surface area (Å²) in [5, 5.41) is 0. The second kappa shape index (κ2) is 12.0. The lowest BCUT2D eigenvalue weighted by atomic mass is 9.98. The summed E-state index contributed by atoms with van der Waals surface area (Å²) in [6.45, 7) is 5.67. The quantitative estimate of drug-likeness (QED) is 0.215. The van der Waals surface area contributed by atoms with E-state index in [-0.39, 0.29) is 13.2 Å². The van der Waals surface area contributed by atoms with Crippen molar-refractivity contribution in [3.63, 3.8) is 0 Å². The highest BCUT2D eigenvalue weighted by Crippen LogP contribution is 2.30. The van der Waals surface area contributed by atoms with Crippen LogP contribution in [-0.2, 0) is 52.4 Å². The van der Waals surface area contributed by atoms with E-state index in [2.05, 4.69) is 0 Å². The van der Waals surface area contributed by atoms with E-state index in [1.54, 1.807) is 6.92 Å². The van der Waals surface area contributed by atoms with Crippen molar-refractivity contribution in [2.24, 2.45) is 0 Å². The molecule has 5 atom stereocenters. The van der Waals surface area contributed by atoms with E-state index in [1.807, 2.05) is 0 Å². The third-order valence-electron chi connectivity index (χ3n) is 3.80. The molecule has 1 aliphatic heterocycles. The van der Waals surface area contributed by atoms with Crippen LogP contribution in [0.4, 0.5) is 0 Å². The first-order valence-electron chi connectivity index (χ1n) is 9.09. The van der Waals surface area contributed by atoms with E-state index < -0.39 is 54.6 Å². The number of rotatable bonds is 9. The Morgan fingerprint density at radius 1 is 0.800 bits per heavy atom. The van der Waals surface area contributed by atoms with Crippen molar-refractivity contribution >= 4 is 30.2 Å². The number of hydrogen-bond donors (Lipinski definition) is 0. The monoisotopic (exact) mass is 430 g/mol. The molecule has 1 saturated heterocycles. The molecule has 30 heavy (non-hydrogen) atoms. The highest BCUT2D eigenvalue weighted by Gasteiger charge is 2.52. The minimum Gasteiger partial charge on any atom is -0.463 e. The first-order chi connectivity index (χ1) is 14.0. The molecule has 1 heterocycles. The first kappa shape index (κ1) is 25.2. The summed E-state index contributed by atoms with van der Waals surface area (Å²) in [6.07, 6.45) is -4.13. The van der Waals surface area contributed by atoms with Crippen molar-refractivity contribution in [2.75, 3.05) is 13.2 Å². The molecule has 0 spiro atoms. The van der Waals surface area contributed by atoms with Crippen molar-refractivity contribution in [3.05, 3.63) is 11.6 Å². The van der Waals surface area contributed by atoms with Gasteiger partial charge in [-0.2, -0.15) is 0 Å². The van der Waals surface area contributed by atoms with E-state index in [1.165, 1.54) is 13.0 Å². The van der Waals surface area contributed by atoms with Crippen molar-refractivity contribution in [1.29, 1.82) is 0 Å². The predicted molar refractivity (Wildman–Crippen MR) is 97.7 cm³/mol. The van der Waals surface area contributed by atoms with E-state index in [0.717, 1.165) is 20.8 Å². The molecule has 168 valence electrons. The number of hydrogen-bond acceptors (Lipinski definition) is 11. The Balaban J connectivity index is 3.26. The molecule has 0 amide bonds. The van der Waals surface area contributed by atoms with Crippen LogP contribution in [0.1, 0.15) is 34.6 Å². The van der Waals surface area contributed by atoms with Crippen LogP contribution >= 0.6 is 0 Å². The fourth-order valence-electron chi connectivity index (χ4n) is 2.65. The molecule has 0 aromatic rings. The fourth-order valence-corrected chi connectivity index (χ4v) is 2.65. The summed E-state index contributed by atoms with van der Waals surface area (Å²) in [5.41, 5.74) is 0.389. The van der Waals surface area contributed by atoms with Gasteiger partial charge in [-0.15, -0.1) is 0 Å². The maximum atomic E-state index is 11.7. The molecule has 0 unspecified atom stereocenters. The summed E-state index contributed by atoms with van der Waals surface area (Å²) in [7, 11) is 0. The standard InChI is InChI=1S/C19H26O11/c1-10(8-20)6-7-25-19-18(29-14(5)24)17(28-13(4)23)16(27-12(3)22)15(30-19)9-26-11(2)21/h6,8,15-19H,7,9H2,1-5H3/b10-6+/t15-,16-,17+,18-,19-/m1/s1. The van der Waals surface area contributed by atoms with Gasteiger partial charge in [-0.25, -0.2) is 0 Å². The van der Waals surface area contributed by atoms with Crippen LogP contribution in [0.15, 0.2) is 11.6 Å². The minimum absolute atomic E-state index is 0.0989. The summed E-state index contributed by atoms with van der Waals surface area (Å²) in [4.78, 5) is 56.9. The first-order valence-corrected chi connectivity index (χ1v) is 9.09. The Morgan fingerprint density at radius 2 is 1.33 bits per heavy atom. The number of ether oxygens (including phenoxy) is 6. The highest BCUT2D eigenvalue weighted by molar-refractivity contribution is 5.72. The zero-order chi connectivity index (χ0) is 22.8. The van der Waals surface area contributed by atoms with E-state index in [0.29, 0.717) is 11.9 Å². The molecule has 0 bridgehead atoms. The van der Waals surface area contributed by atoms with Crippen LogP contribution in [0.25, 0.3) is 0 Å². The highest BCUT2D eigenvalue weighted by atomic mass is 16.7. The Morgan fingerprint density at radius 3 is 1.83 bits per heavy atom. The molecule has 0 aliphatic carbocycles. The molecular formula is C19H26O11. The molecule has 1 fully saturated rings. The van der Waals surface area contributed by atoms with E-state index in [4.69, 9.17) is 28.4 Å². The Bertz CT molecular complexity index is 684. The van der Waals surface area contributed by atoms with Crippen molar-refractivity contribution < 1.29 is 52.4 Å². The molecule has 11 heteroatoms.